The molecule has 2 N–H and O–H groups in total. The molecule has 5 nitrogen and oxygen atoms in total. The van der Waals surface area contributed by atoms with Crippen molar-refractivity contribution in [2.75, 3.05) is 39.8 Å². The molecule has 0 aromatic heterocycles. The maximum absolute atomic E-state index is 12.0. The van der Waals surface area contributed by atoms with Crippen molar-refractivity contribution in [3.05, 3.63) is 34.9 Å². The number of carbonyl (C=O) groups excluding carboxylic acids is 1. The minimum Gasteiger partial charge on any atom is -0.336 e. The van der Waals surface area contributed by atoms with Crippen molar-refractivity contribution in [1.29, 1.82) is 0 Å². The van der Waals surface area contributed by atoms with Gasteiger partial charge in [-0.25, -0.2) is 4.79 Å². The van der Waals surface area contributed by atoms with Crippen LogP contribution < -0.4 is 10.6 Å². The average molecular weight is 337 g/mol. The summed E-state index contributed by atoms with van der Waals surface area (Å²) in [5, 5.41) is 6.76. The number of amides is 2. The number of piperazine rings is 1. The second kappa shape index (κ2) is 7.51. The van der Waals surface area contributed by atoms with Crippen LogP contribution in [0.3, 0.4) is 0 Å². The van der Waals surface area contributed by atoms with E-state index >= 15 is 0 Å². The highest BCUT2D eigenvalue weighted by molar-refractivity contribution is 6.31. The van der Waals surface area contributed by atoms with Crippen LogP contribution in [0.5, 0.6) is 0 Å². The first-order valence-electron chi connectivity index (χ1n) is 8.35. The van der Waals surface area contributed by atoms with Crippen LogP contribution in [0, 0.1) is 0 Å². The van der Waals surface area contributed by atoms with Crippen LogP contribution in [-0.4, -0.2) is 61.6 Å². The third-order valence-corrected chi connectivity index (χ3v) is 4.96. The minimum atomic E-state index is -0.0707. The van der Waals surface area contributed by atoms with E-state index in [1.807, 2.05) is 18.2 Å². The highest BCUT2D eigenvalue weighted by atomic mass is 35.5. The highest BCUT2D eigenvalue weighted by Crippen LogP contribution is 2.28. The van der Waals surface area contributed by atoms with Crippen molar-refractivity contribution >= 4 is 17.6 Å². The van der Waals surface area contributed by atoms with Crippen molar-refractivity contribution in [3.63, 3.8) is 0 Å². The van der Waals surface area contributed by atoms with E-state index in [4.69, 9.17) is 11.6 Å². The van der Waals surface area contributed by atoms with Crippen LogP contribution >= 0.6 is 11.6 Å². The fourth-order valence-electron chi connectivity index (χ4n) is 2.97. The monoisotopic (exact) mass is 336 g/mol. The van der Waals surface area contributed by atoms with E-state index < -0.39 is 0 Å². The van der Waals surface area contributed by atoms with Crippen LogP contribution in [0.4, 0.5) is 4.79 Å². The first kappa shape index (κ1) is 16.6. The lowest BCUT2D eigenvalue weighted by molar-refractivity contribution is 0.111. The number of hydrogen-bond donors (Lipinski definition) is 2. The van der Waals surface area contributed by atoms with Crippen molar-refractivity contribution in [1.82, 2.24) is 20.4 Å². The normalized spacial score (nSPS) is 21.0. The number of urea groups is 1. The van der Waals surface area contributed by atoms with E-state index in [-0.39, 0.29) is 12.1 Å². The Morgan fingerprint density at radius 3 is 2.61 bits per heavy atom. The predicted molar refractivity (Wildman–Crippen MR) is 92.8 cm³/mol. The number of benzene rings is 1. The molecule has 0 spiro atoms. The fraction of sp³-hybridized carbons (Fsp3) is 0.588. The van der Waals surface area contributed by atoms with Crippen molar-refractivity contribution in [3.8, 4) is 0 Å². The standard InChI is InChI=1S/C17H25ClN4O/c1-21-8-10-22(11-9-21)16(14-4-2-3-5-15(14)18)12-19-17(23)20-13-6-7-13/h2-5,13,16H,6-12H2,1H3,(H2,19,20,23)/t16-/m1/s1. The first-order valence-corrected chi connectivity index (χ1v) is 8.72. The number of nitrogens with zero attached hydrogens (tertiary/aromatic N) is 2. The van der Waals surface area contributed by atoms with Crippen LogP contribution in [0.2, 0.25) is 5.02 Å². The molecule has 1 aliphatic heterocycles. The molecule has 6 heteroatoms. The van der Waals surface area contributed by atoms with E-state index in [1.165, 1.54) is 0 Å². The number of hydrogen-bond acceptors (Lipinski definition) is 3. The second-order valence-electron chi connectivity index (χ2n) is 6.51. The second-order valence-corrected chi connectivity index (χ2v) is 6.91. The lowest BCUT2D eigenvalue weighted by Crippen LogP contribution is -2.49. The zero-order chi connectivity index (χ0) is 16.2. The van der Waals surface area contributed by atoms with Gasteiger partial charge >= 0.3 is 6.03 Å². The van der Waals surface area contributed by atoms with Crippen LogP contribution in [0.1, 0.15) is 24.4 Å². The number of rotatable bonds is 5. The lowest BCUT2D eigenvalue weighted by atomic mass is 10.0. The van der Waals surface area contributed by atoms with Crippen molar-refractivity contribution in [2.45, 2.75) is 24.9 Å². The van der Waals surface area contributed by atoms with Crippen LogP contribution in [0.15, 0.2) is 24.3 Å². The number of halogens is 1. The Hall–Kier alpha value is -1.30. The van der Waals surface area contributed by atoms with Gasteiger partial charge in [-0.3, -0.25) is 4.90 Å². The van der Waals surface area contributed by atoms with E-state index in [0.29, 0.717) is 12.6 Å². The quantitative estimate of drug-likeness (QED) is 0.865. The molecule has 2 fully saturated rings. The Kier molecular flexibility index (Phi) is 5.41. The van der Waals surface area contributed by atoms with Gasteiger partial charge in [-0.05, 0) is 31.5 Å². The van der Waals surface area contributed by atoms with Gasteiger partial charge in [-0.15, -0.1) is 0 Å². The van der Waals surface area contributed by atoms with E-state index in [1.54, 1.807) is 0 Å². The summed E-state index contributed by atoms with van der Waals surface area (Å²) >= 11 is 6.41. The molecule has 1 aromatic rings. The summed E-state index contributed by atoms with van der Waals surface area (Å²) in [5.41, 5.74) is 1.09. The Labute approximate surface area is 143 Å². The van der Waals surface area contributed by atoms with E-state index in [9.17, 15) is 4.79 Å². The van der Waals surface area contributed by atoms with Gasteiger partial charge in [0.05, 0.1) is 6.04 Å². The Balaban J connectivity index is 1.67. The Bertz CT molecular complexity index is 541. The van der Waals surface area contributed by atoms with Gasteiger partial charge in [0.25, 0.3) is 0 Å². The molecular weight excluding hydrogens is 312 g/mol. The molecule has 0 bridgehead atoms. The first-order chi connectivity index (χ1) is 11.1. The van der Waals surface area contributed by atoms with Gasteiger partial charge in [0.2, 0.25) is 0 Å². The fourth-order valence-corrected chi connectivity index (χ4v) is 3.23. The summed E-state index contributed by atoms with van der Waals surface area (Å²) < 4.78 is 0. The minimum absolute atomic E-state index is 0.0707. The molecule has 1 saturated carbocycles. The van der Waals surface area contributed by atoms with Gasteiger partial charge < -0.3 is 15.5 Å². The molecule has 1 saturated heterocycles. The molecule has 3 rings (SSSR count). The van der Waals surface area contributed by atoms with Crippen LogP contribution in [-0.2, 0) is 0 Å². The van der Waals surface area contributed by atoms with Crippen LogP contribution in [0.25, 0.3) is 0 Å². The molecular formula is C17H25ClN4O. The molecule has 1 heterocycles. The zero-order valence-corrected chi connectivity index (χ0v) is 14.4. The third-order valence-electron chi connectivity index (χ3n) is 4.61. The smallest absolute Gasteiger partial charge is 0.315 e. The Morgan fingerprint density at radius 1 is 1.26 bits per heavy atom. The lowest BCUT2D eigenvalue weighted by Gasteiger charge is -2.38. The zero-order valence-electron chi connectivity index (χ0n) is 13.6. The largest absolute Gasteiger partial charge is 0.336 e. The summed E-state index contributed by atoms with van der Waals surface area (Å²) in [7, 11) is 2.14. The molecule has 1 aromatic carbocycles. The molecule has 0 radical (unpaired) electrons. The Morgan fingerprint density at radius 2 is 1.96 bits per heavy atom. The SMILES string of the molecule is CN1CCN([C@H](CNC(=O)NC2CC2)c2ccccc2Cl)CC1. The van der Waals surface area contributed by atoms with E-state index in [0.717, 1.165) is 49.6 Å². The summed E-state index contributed by atoms with van der Waals surface area (Å²) in [6.07, 6.45) is 2.19. The topological polar surface area (TPSA) is 47.6 Å². The predicted octanol–water partition coefficient (Wildman–Crippen LogP) is 2.09. The van der Waals surface area contributed by atoms with Gasteiger partial charge in [-0.1, -0.05) is 29.8 Å². The maximum atomic E-state index is 12.0. The third kappa shape index (κ3) is 4.59. The number of carbonyl (C=O) groups is 1. The molecule has 1 atom stereocenters. The van der Waals surface area contributed by atoms with Gasteiger partial charge in [0, 0.05) is 43.8 Å². The molecule has 1 aliphatic carbocycles. The molecule has 2 amide bonds. The molecule has 0 unspecified atom stereocenters. The van der Waals surface area contributed by atoms with E-state index in [2.05, 4.69) is 33.5 Å². The highest BCUT2D eigenvalue weighted by Gasteiger charge is 2.27. The molecule has 126 valence electrons. The molecule has 2 aliphatic rings. The summed E-state index contributed by atoms with van der Waals surface area (Å²) in [6.45, 7) is 4.62. The maximum Gasteiger partial charge on any atom is 0.315 e. The summed E-state index contributed by atoms with van der Waals surface area (Å²) in [6, 6.07) is 8.35. The van der Waals surface area contributed by atoms with Gasteiger partial charge in [-0.2, -0.15) is 0 Å². The number of nitrogens with one attached hydrogen (secondary N) is 2. The summed E-state index contributed by atoms with van der Waals surface area (Å²) in [4.78, 5) is 16.7. The van der Waals surface area contributed by atoms with Crippen molar-refractivity contribution in [2.24, 2.45) is 0 Å². The van der Waals surface area contributed by atoms with Crippen molar-refractivity contribution < 1.29 is 4.79 Å². The van der Waals surface area contributed by atoms with Gasteiger partial charge in [0.15, 0.2) is 0 Å². The molecule has 23 heavy (non-hydrogen) atoms. The summed E-state index contributed by atoms with van der Waals surface area (Å²) in [5.74, 6) is 0. The van der Waals surface area contributed by atoms with Gasteiger partial charge in [0.1, 0.15) is 0 Å². The number of likely N-dealkylation sites (N-methyl/N-ethyl adjacent to an activating group) is 1. The average Bonchev–Trinajstić information content (AvgIpc) is 3.34.